The number of hydrogen-bond acceptors (Lipinski definition) is 3. The fourth-order valence-electron chi connectivity index (χ4n) is 0.942. The second-order valence-electron chi connectivity index (χ2n) is 2.57. The van der Waals surface area contributed by atoms with Gasteiger partial charge in [-0.3, -0.25) is 0 Å². The first-order chi connectivity index (χ1) is 5.75. The highest BCUT2D eigenvalue weighted by molar-refractivity contribution is 5.64. The number of allylic oxidation sites excluding steroid dienone is 1. The predicted molar refractivity (Wildman–Crippen MR) is 46.0 cm³/mol. The zero-order valence-corrected chi connectivity index (χ0v) is 7.11. The molecule has 3 heteroatoms. The smallest absolute Gasteiger partial charge is 0.0996 e. The second kappa shape index (κ2) is 3.63. The summed E-state index contributed by atoms with van der Waals surface area (Å²) in [5.74, 6) is 0. The van der Waals surface area contributed by atoms with Gasteiger partial charge in [0, 0.05) is 25.7 Å². The first-order valence-electron chi connectivity index (χ1n) is 3.55. The second-order valence-corrected chi connectivity index (χ2v) is 2.57. The fourth-order valence-corrected chi connectivity index (χ4v) is 0.942. The van der Waals surface area contributed by atoms with Crippen molar-refractivity contribution in [3.63, 3.8) is 0 Å². The summed E-state index contributed by atoms with van der Waals surface area (Å²) < 4.78 is 4.92. The summed E-state index contributed by atoms with van der Waals surface area (Å²) in [7, 11) is 3.77. The largest absolute Gasteiger partial charge is 0.472 e. The summed E-state index contributed by atoms with van der Waals surface area (Å²) in [5.41, 5.74) is 1.77. The van der Waals surface area contributed by atoms with Crippen LogP contribution in [0, 0.1) is 11.3 Å². The molecule has 0 atom stereocenters. The van der Waals surface area contributed by atoms with E-state index in [1.165, 1.54) is 6.08 Å². The van der Waals surface area contributed by atoms with E-state index in [4.69, 9.17) is 9.68 Å². The summed E-state index contributed by atoms with van der Waals surface area (Å²) in [4.78, 5) is 1.87. The average Bonchev–Trinajstić information content (AvgIpc) is 2.51. The van der Waals surface area contributed by atoms with Crippen molar-refractivity contribution in [3.05, 3.63) is 30.2 Å². The highest BCUT2D eigenvalue weighted by Crippen LogP contribution is 2.15. The van der Waals surface area contributed by atoms with Crippen LogP contribution < -0.4 is 0 Å². The lowest BCUT2D eigenvalue weighted by atomic mass is 10.2. The van der Waals surface area contributed by atoms with Crippen molar-refractivity contribution >= 4 is 5.70 Å². The van der Waals surface area contributed by atoms with Crippen molar-refractivity contribution in [2.75, 3.05) is 14.1 Å². The predicted octanol–water partition coefficient (Wildman–Crippen LogP) is 1.71. The van der Waals surface area contributed by atoms with Gasteiger partial charge in [-0.2, -0.15) is 5.26 Å². The molecule has 0 radical (unpaired) electrons. The molecule has 0 aliphatic carbocycles. The third-order valence-electron chi connectivity index (χ3n) is 1.50. The van der Waals surface area contributed by atoms with E-state index in [1.807, 2.05) is 31.1 Å². The Morgan fingerprint density at radius 1 is 1.67 bits per heavy atom. The molecule has 0 saturated heterocycles. The van der Waals surface area contributed by atoms with Gasteiger partial charge in [0.25, 0.3) is 0 Å². The van der Waals surface area contributed by atoms with Crippen LogP contribution >= 0.6 is 0 Å². The van der Waals surface area contributed by atoms with Gasteiger partial charge < -0.3 is 9.32 Å². The van der Waals surface area contributed by atoms with Crippen molar-refractivity contribution in [2.45, 2.75) is 0 Å². The maximum atomic E-state index is 8.50. The van der Waals surface area contributed by atoms with E-state index in [0.717, 1.165) is 11.3 Å². The van der Waals surface area contributed by atoms with Crippen molar-refractivity contribution in [3.8, 4) is 6.07 Å². The summed E-state index contributed by atoms with van der Waals surface area (Å²) in [6.07, 6.45) is 4.69. The first-order valence-corrected chi connectivity index (χ1v) is 3.55. The number of nitriles is 1. The molecule has 0 aliphatic rings. The Labute approximate surface area is 71.5 Å². The number of hydrogen-bond donors (Lipinski definition) is 0. The Hall–Kier alpha value is -1.69. The van der Waals surface area contributed by atoms with E-state index in [9.17, 15) is 0 Å². The van der Waals surface area contributed by atoms with Crippen LogP contribution in [-0.4, -0.2) is 19.0 Å². The maximum absolute atomic E-state index is 8.50. The molecule has 0 unspecified atom stereocenters. The topological polar surface area (TPSA) is 40.2 Å². The molecule has 1 heterocycles. The molecule has 0 aromatic carbocycles. The van der Waals surface area contributed by atoms with E-state index in [2.05, 4.69) is 0 Å². The molecule has 12 heavy (non-hydrogen) atoms. The zero-order valence-electron chi connectivity index (χ0n) is 7.11. The molecule has 1 rings (SSSR count). The molecule has 3 nitrogen and oxygen atoms in total. The number of furan rings is 1. The van der Waals surface area contributed by atoms with Gasteiger partial charge in [-0.05, 0) is 6.07 Å². The lowest BCUT2D eigenvalue weighted by Gasteiger charge is -2.13. The molecule has 0 amide bonds. The summed E-state index contributed by atoms with van der Waals surface area (Å²) in [5, 5.41) is 8.50. The molecule has 0 aliphatic heterocycles. The Bertz CT molecular complexity index is 304. The van der Waals surface area contributed by atoms with E-state index >= 15 is 0 Å². The Morgan fingerprint density at radius 2 is 2.42 bits per heavy atom. The minimum Gasteiger partial charge on any atom is -0.472 e. The van der Waals surface area contributed by atoms with E-state index in [0.29, 0.717) is 0 Å². The van der Waals surface area contributed by atoms with Gasteiger partial charge in [-0.1, -0.05) is 0 Å². The van der Waals surface area contributed by atoms with Crippen LogP contribution in [0.1, 0.15) is 5.56 Å². The maximum Gasteiger partial charge on any atom is 0.0996 e. The average molecular weight is 162 g/mol. The molecule has 0 spiro atoms. The lowest BCUT2D eigenvalue weighted by molar-refractivity contribution is 0.559. The number of nitrogens with zero attached hydrogens (tertiary/aromatic N) is 2. The van der Waals surface area contributed by atoms with Crippen LogP contribution in [-0.2, 0) is 0 Å². The van der Waals surface area contributed by atoms with Crippen LogP contribution in [0.4, 0.5) is 0 Å². The van der Waals surface area contributed by atoms with Crippen molar-refractivity contribution < 1.29 is 4.42 Å². The van der Waals surface area contributed by atoms with Crippen LogP contribution in [0.5, 0.6) is 0 Å². The van der Waals surface area contributed by atoms with E-state index in [-0.39, 0.29) is 0 Å². The Kier molecular flexibility index (Phi) is 2.54. The van der Waals surface area contributed by atoms with Crippen molar-refractivity contribution in [2.24, 2.45) is 0 Å². The third kappa shape index (κ3) is 1.67. The summed E-state index contributed by atoms with van der Waals surface area (Å²) in [6.45, 7) is 0. The Morgan fingerprint density at radius 3 is 2.83 bits per heavy atom. The molecule has 0 fully saturated rings. The van der Waals surface area contributed by atoms with Crippen LogP contribution in [0.3, 0.4) is 0 Å². The molecule has 62 valence electrons. The van der Waals surface area contributed by atoms with E-state index < -0.39 is 0 Å². The SMILES string of the molecule is CN(C)/C(=C/C#N)c1ccoc1. The molecular weight excluding hydrogens is 152 g/mol. The standard InChI is InChI=1S/C9H10N2O/c1-11(2)9(3-5-10)8-4-6-12-7-8/h3-4,6-7H,1-2H3/b9-3+. The molecule has 1 aromatic heterocycles. The minimum atomic E-state index is 0.853. The zero-order chi connectivity index (χ0) is 8.97. The van der Waals surface area contributed by atoms with Crippen LogP contribution in [0.15, 0.2) is 29.1 Å². The minimum absolute atomic E-state index is 0.853. The normalized spacial score (nSPS) is 10.9. The third-order valence-corrected chi connectivity index (χ3v) is 1.50. The van der Waals surface area contributed by atoms with Gasteiger partial charge in [0.15, 0.2) is 0 Å². The monoisotopic (exact) mass is 162 g/mol. The van der Waals surface area contributed by atoms with Gasteiger partial charge in [0.05, 0.1) is 24.3 Å². The number of rotatable bonds is 2. The van der Waals surface area contributed by atoms with Crippen molar-refractivity contribution in [1.29, 1.82) is 5.26 Å². The molecule has 0 bridgehead atoms. The fraction of sp³-hybridized carbons (Fsp3) is 0.222. The molecule has 0 N–H and O–H groups in total. The quantitative estimate of drug-likeness (QED) is 0.621. The first kappa shape index (κ1) is 8.41. The van der Waals surface area contributed by atoms with Crippen LogP contribution in [0.2, 0.25) is 0 Å². The Balaban J connectivity index is 2.98. The van der Waals surface area contributed by atoms with Gasteiger partial charge in [0.1, 0.15) is 0 Å². The molecule has 1 aromatic rings. The van der Waals surface area contributed by atoms with Gasteiger partial charge in [-0.25, -0.2) is 0 Å². The van der Waals surface area contributed by atoms with Gasteiger partial charge >= 0.3 is 0 Å². The van der Waals surface area contributed by atoms with Gasteiger partial charge in [-0.15, -0.1) is 0 Å². The van der Waals surface area contributed by atoms with Crippen molar-refractivity contribution in [1.82, 2.24) is 4.90 Å². The highest BCUT2D eigenvalue weighted by Gasteiger charge is 2.03. The molecule has 0 saturated carbocycles. The summed E-state index contributed by atoms with van der Waals surface area (Å²) in [6, 6.07) is 3.81. The van der Waals surface area contributed by atoms with Crippen LogP contribution in [0.25, 0.3) is 5.70 Å². The highest BCUT2D eigenvalue weighted by atomic mass is 16.3. The van der Waals surface area contributed by atoms with E-state index in [1.54, 1.807) is 12.5 Å². The lowest BCUT2D eigenvalue weighted by Crippen LogP contribution is -2.08. The summed E-state index contributed by atoms with van der Waals surface area (Å²) >= 11 is 0. The molecular formula is C9H10N2O. The van der Waals surface area contributed by atoms with Gasteiger partial charge in [0.2, 0.25) is 0 Å².